The number of thioether (sulfide) groups is 1. The van der Waals surface area contributed by atoms with E-state index in [1.807, 2.05) is 0 Å². The SMILES string of the molecule is CCCCCCCCSc1[nH]n2c(=O)c(Cl)c(C)nc2[nH+]1. The summed E-state index contributed by atoms with van der Waals surface area (Å²) in [5.41, 5.74) is 0.284. The third kappa shape index (κ3) is 4.23. The second-order valence-corrected chi connectivity index (χ2v) is 6.64. The highest BCUT2D eigenvalue weighted by Crippen LogP contribution is 2.15. The molecule has 0 aromatic carbocycles. The first-order valence-corrected chi connectivity index (χ1v) is 8.82. The Labute approximate surface area is 133 Å². The van der Waals surface area contributed by atoms with E-state index in [4.69, 9.17) is 11.6 Å². The van der Waals surface area contributed by atoms with Gasteiger partial charge < -0.3 is 0 Å². The molecule has 21 heavy (non-hydrogen) atoms. The second-order valence-electron chi connectivity index (χ2n) is 5.16. The van der Waals surface area contributed by atoms with Crippen LogP contribution in [-0.2, 0) is 0 Å². The number of aromatic amines is 2. The Kier molecular flexibility index (Phi) is 6.11. The quantitative estimate of drug-likeness (QED) is 0.597. The van der Waals surface area contributed by atoms with E-state index in [1.165, 1.54) is 43.0 Å². The van der Waals surface area contributed by atoms with Gasteiger partial charge in [-0.05, 0) is 13.3 Å². The summed E-state index contributed by atoms with van der Waals surface area (Å²) in [6.45, 7) is 3.96. The van der Waals surface area contributed by atoms with Crippen LogP contribution in [0.3, 0.4) is 0 Å². The lowest BCUT2D eigenvalue weighted by Crippen LogP contribution is -2.19. The Bertz CT molecular complexity index is 652. The van der Waals surface area contributed by atoms with Crippen LogP contribution in [0.5, 0.6) is 0 Å². The Morgan fingerprint density at radius 1 is 1.29 bits per heavy atom. The topological polar surface area (TPSA) is 64.3 Å². The number of fused-ring (bicyclic) bond motifs is 1. The third-order valence-electron chi connectivity index (χ3n) is 3.38. The minimum Gasteiger partial charge on any atom is -0.251 e. The number of aromatic nitrogens is 4. The Hall–Kier alpha value is -1.01. The molecule has 2 aromatic heterocycles. The Morgan fingerprint density at radius 2 is 2.00 bits per heavy atom. The first kappa shape index (κ1) is 16.4. The number of hydrogen-bond donors (Lipinski definition) is 1. The number of nitrogens with one attached hydrogen (secondary N) is 2. The van der Waals surface area contributed by atoms with Crippen molar-refractivity contribution in [2.75, 3.05) is 5.75 Å². The normalized spacial score (nSPS) is 11.4. The zero-order valence-electron chi connectivity index (χ0n) is 12.5. The fraction of sp³-hybridized carbons (Fsp3) is 0.643. The van der Waals surface area contributed by atoms with Gasteiger partial charge in [0.25, 0.3) is 5.16 Å². The summed E-state index contributed by atoms with van der Waals surface area (Å²) in [5, 5.41) is 4.01. The average Bonchev–Trinajstić information content (AvgIpc) is 2.87. The molecule has 2 aromatic rings. The van der Waals surface area contributed by atoms with Crippen molar-refractivity contribution in [3.05, 3.63) is 21.1 Å². The first-order valence-electron chi connectivity index (χ1n) is 7.46. The molecule has 2 N–H and O–H groups in total. The summed E-state index contributed by atoms with van der Waals surface area (Å²) in [7, 11) is 0. The van der Waals surface area contributed by atoms with E-state index in [2.05, 4.69) is 22.0 Å². The van der Waals surface area contributed by atoms with Crippen LogP contribution < -0.4 is 10.5 Å². The lowest BCUT2D eigenvalue weighted by atomic mass is 10.1. The van der Waals surface area contributed by atoms with Crippen LogP contribution >= 0.6 is 23.4 Å². The summed E-state index contributed by atoms with van der Waals surface area (Å²) in [4.78, 5) is 19.4. The highest BCUT2D eigenvalue weighted by Gasteiger charge is 2.17. The molecule has 0 atom stereocenters. The number of aryl methyl sites for hydroxylation is 1. The van der Waals surface area contributed by atoms with Crippen LogP contribution in [0.4, 0.5) is 0 Å². The highest BCUT2D eigenvalue weighted by molar-refractivity contribution is 7.99. The molecule has 0 amide bonds. The fourth-order valence-corrected chi connectivity index (χ4v) is 3.15. The average molecular weight is 330 g/mol. The smallest absolute Gasteiger partial charge is 0.251 e. The third-order valence-corrected chi connectivity index (χ3v) is 4.79. The number of unbranched alkanes of at least 4 members (excludes halogenated alkanes) is 5. The van der Waals surface area contributed by atoms with Gasteiger partial charge in [-0.25, -0.2) is 4.98 Å². The molecule has 2 rings (SSSR count). The van der Waals surface area contributed by atoms with Gasteiger partial charge in [-0.2, -0.15) is 5.10 Å². The van der Waals surface area contributed by atoms with E-state index in [-0.39, 0.29) is 10.6 Å². The molecule has 0 aliphatic carbocycles. The molecule has 0 aliphatic heterocycles. The van der Waals surface area contributed by atoms with Crippen molar-refractivity contribution < 1.29 is 4.98 Å². The zero-order valence-corrected chi connectivity index (χ0v) is 14.1. The Morgan fingerprint density at radius 3 is 2.76 bits per heavy atom. The van der Waals surface area contributed by atoms with Crippen molar-refractivity contribution >= 4 is 29.1 Å². The van der Waals surface area contributed by atoms with Crippen molar-refractivity contribution in [3.8, 4) is 0 Å². The van der Waals surface area contributed by atoms with Gasteiger partial charge >= 0.3 is 11.3 Å². The number of H-pyrrole nitrogens is 2. The van der Waals surface area contributed by atoms with Gasteiger partial charge in [-0.1, -0.05) is 66.9 Å². The fourth-order valence-electron chi connectivity index (χ4n) is 2.15. The van der Waals surface area contributed by atoms with Crippen molar-refractivity contribution in [2.45, 2.75) is 57.5 Å². The maximum Gasteiger partial charge on any atom is 0.386 e. The van der Waals surface area contributed by atoms with Crippen LogP contribution in [0.1, 0.15) is 51.1 Å². The first-order chi connectivity index (χ1) is 10.1. The minimum atomic E-state index is -0.262. The molecule has 0 unspecified atom stereocenters. The standard InChI is InChI=1S/C14H21ClN4OS/c1-3-4-5-6-7-8-9-21-14-17-13-16-10(2)11(15)12(20)19(13)18-14/h3-9H2,1-2H3,(H,16,17,18)/p+1. The van der Waals surface area contributed by atoms with Gasteiger partial charge in [-0.3, -0.25) is 4.79 Å². The molecule has 0 saturated carbocycles. The van der Waals surface area contributed by atoms with Crippen LogP contribution in [0.15, 0.2) is 9.95 Å². The number of rotatable bonds is 8. The van der Waals surface area contributed by atoms with Crippen molar-refractivity contribution in [3.63, 3.8) is 0 Å². The van der Waals surface area contributed by atoms with Crippen LogP contribution in [0.25, 0.3) is 5.78 Å². The summed E-state index contributed by atoms with van der Waals surface area (Å²) < 4.78 is 1.36. The lowest BCUT2D eigenvalue weighted by molar-refractivity contribution is -0.400. The summed E-state index contributed by atoms with van der Waals surface area (Å²) in [5.74, 6) is 1.53. The largest absolute Gasteiger partial charge is 0.386 e. The highest BCUT2D eigenvalue weighted by atomic mass is 35.5. The van der Waals surface area contributed by atoms with Gasteiger partial charge in [0.05, 0.1) is 0 Å². The van der Waals surface area contributed by atoms with Gasteiger partial charge in [-0.15, -0.1) is 4.98 Å². The van der Waals surface area contributed by atoms with E-state index in [9.17, 15) is 4.79 Å². The molecular formula is C14H22ClN4OS+. The molecule has 0 aliphatic rings. The Balaban J connectivity index is 1.89. The van der Waals surface area contributed by atoms with E-state index < -0.39 is 0 Å². The van der Waals surface area contributed by atoms with Crippen molar-refractivity contribution in [1.29, 1.82) is 0 Å². The maximum absolute atomic E-state index is 12.0. The van der Waals surface area contributed by atoms with E-state index in [0.717, 1.165) is 10.9 Å². The second kappa shape index (κ2) is 7.84. The minimum absolute atomic E-state index is 0.162. The number of halogens is 1. The molecule has 0 fully saturated rings. The molecule has 7 heteroatoms. The summed E-state index contributed by atoms with van der Waals surface area (Å²) in [6.07, 6.45) is 7.69. The van der Waals surface area contributed by atoms with Crippen molar-refractivity contribution in [1.82, 2.24) is 14.6 Å². The molecule has 0 saturated heterocycles. The summed E-state index contributed by atoms with van der Waals surface area (Å²) >= 11 is 7.59. The van der Waals surface area contributed by atoms with Gasteiger partial charge in [0.2, 0.25) is 0 Å². The lowest BCUT2D eigenvalue weighted by Gasteiger charge is -1.98. The molecule has 116 valence electrons. The van der Waals surface area contributed by atoms with Crippen LogP contribution in [0, 0.1) is 6.92 Å². The predicted molar refractivity (Wildman–Crippen MR) is 86.2 cm³/mol. The van der Waals surface area contributed by atoms with Crippen molar-refractivity contribution in [2.24, 2.45) is 0 Å². The summed E-state index contributed by atoms with van der Waals surface area (Å²) in [6, 6.07) is 0. The van der Waals surface area contributed by atoms with Crippen LogP contribution in [0.2, 0.25) is 5.02 Å². The molecule has 2 heterocycles. The predicted octanol–water partition coefficient (Wildman–Crippen LogP) is 3.25. The van der Waals surface area contributed by atoms with Gasteiger partial charge in [0, 0.05) is 5.75 Å². The van der Waals surface area contributed by atoms with E-state index >= 15 is 0 Å². The molecule has 0 radical (unpaired) electrons. The van der Waals surface area contributed by atoms with E-state index in [0.29, 0.717) is 11.5 Å². The molecule has 5 nitrogen and oxygen atoms in total. The molecular weight excluding hydrogens is 308 g/mol. The molecule has 0 spiro atoms. The number of nitrogens with zero attached hydrogens (tertiary/aromatic N) is 2. The number of hydrogen-bond acceptors (Lipinski definition) is 3. The van der Waals surface area contributed by atoms with Crippen LogP contribution in [-0.4, -0.2) is 20.4 Å². The zero-order chi connectivity index (χ0) is 15.2. The van der Waals surface area contributed by atoms with Gasteiger partial charge in [0.15, 0.2) is 5.02 Å². The van der Waals surface area contributed by atoms with E-state index in [1.54, 1.807) is 18.7 Å². The monoisotopic (exact) mass is 329 g/mol. The molecule has 0 bridgehead atoms. The van der Waals surface area contributed by atoms with Gasteiger partial charge in [0.1, 0.15) is 5.69 Å². The maximum atomic E-state index is 12.0.